The molecule has 2 aliphatic heterocycles. The molecule has 1 N–H and O–H groups in total. The summed E-state index contributed by atoms with van der Waals surface area (Å²) in [6.07, 6.45) is 3.28. The highest BCUT2D eigenvalue weighted by Gasteiger charge is 2.31. The summed E-state index contributed by atoms with van der Waals surface area (Å²) < 4.78 is 7.25. The predicted molar refractivity (Wildman–Crippen MR) is 173 cm³/mol. The fraction of sp³-hybridized carbons (Fsp3) is 0.333. The molecule has 2 saturated heterocycles. The summed E-state index contributed by atoms with van der Waals surface area (Å²) in [6.45, 7) is 5.55. The predicted octanol–water partition coefficient (Wildman–Crippen LogP) is 6.58. The Morgan fingerprint density at radius 2 is 1.84 bits per heavy atom. The second-order valence-corrected chi connectivity index (χ2v) is 13.0. The first-order valence-electron chi connectivity index (χ1n) is 14.5. The van der Waals surface area contributed by atoms with Crippen molar-refractivity contribution in [2.45, 2.75) is 38.8 Å². The Balaban J connectivity index is 1.45. The first-order chi connectivity index (χ1) is 20.9. The quantitative estimate of drug-likeness (QED) is 0.233. The molecule has 0 spiro atoms. The fourth-order valence-corrected chi connectivity index (χ4v) is 6.63. The van der Waals surface area contributed by atoms with Crippen molar-refractivity contribution in [3.8, 4) is 28.1 Å². The Labute approximate surface area is 266 Å². The number of aromatic nitrogens is 2. The number of carbonyl (C=O) groups is 1. The van der Waals surface area contributed by atoms with Crippen LogP contribution in [0.15, 0.2) is 54.6 Å². The number of benzene rings is 2. The van der Waals surface area contributed by atoms with Crippen LogP contribution < -0.4 is 5.43 Å². The number of nitrogens with one attached hydrogen (secondary N) is 1. The number of likely N-dealkylation sites (N-methyl/N-ethyl adjacent to an activating group) is 1. The number of rotatable bonds is 7. The molecule has 0 saturated carbocycles. The van der Waals surface area contributed by atoms with Gasteiger partial charge in [0.2, 0.25) is 0 Å². The molecular formula is C33H33Cl2N5O2S. The van der Waals surface area contributed by atoms with Gasteiger partial charge in [0.25, 0.3) is 5.91 Å². The number of thiophene rings is 1. The van der Waals surface area contributed by atoms with Crippen molar-refractivity contribution >= 4 is 40.4 Å². The third-order valence-electron chi connectivity index (χ3n) is 7.82. The van der Waals surface area contributed by atoms with Crippen LogP contribution in [0.3, 0.4) is 0 Å². The minimum Gasteiger partial charge on any atom is -0.378 e. The van der Waals surface area contributed by atoms with E-state index in [-0.39, 0.29) is 11.9 Å². The summed E-state index contributed by atoms with van der Waals surface area (Å²) in [5.41, 5.74) is 7.94. The highest BCUT2D eigenvalue weighted by molar-refractivity contribution is 7.16. The molecule has 0 bridgehead atoms. The van der Waals surface area contributed by atoms with Crippen molar-refractivity contribution in [2.24, 2.45) is 0 Å². The molecule has 2 fully saturated rings. The lowest BCUT2D eigenvalue weighted by molar-refractivity contribution is -0.0586. The molecule has 0 unspecified atom stereocenters. The fourth-order valence-electron chi connectivity index (χ4n) is 5.22. The number of hydrogen-bond donors (Lipinski definition) is 1. The van der Waals surface area contributed by atoms with Gasteiger partial charge in [-0.1, -0.05) is 59.2 Å². The Kier molecular flexibility index (Phi) is 9.20. The van der Waals surface area contributed by atoms with Gasteiger partial charge in [-0.3, -0.25) is 15.1 Å². The summed E-state index contributed by atoms with van der Waals surface area (Å²) in [5.74, 6) is 6.36. The highest BCUT2D eigenvalue weighted by Crippen LogP contribution is 2.37. The molecule has 43 heavy (non-hydrogen) atoms. The third-order valence-corrected chi connectivity index (χ3v) is 9.37. The number of nitrogens with zero attached hydrogens (tertiary/aromatic N) is 4. The molecule has 2 aliphatic rings. The van der Waals surface area contributed by atoms with Crippen molar-refractivity contribution in [1.82, 2.24) is 25.1 Å². The molecule has 1 amide bonds. The van der Waals surface area contributed by atoms with Gasteiger partial charge in [0, 0.05) is 35.8 Å². The maximum Gasteiger partial charge on any atom is 0.286 e. The number of piperidine rings is 1. The van der Waals surface area contributed by atoms with Gasteiger partial charge in [-0.2, -0.15) is 5.10 Å². The largest absolute Gasteiger partial charge is 0.378 e. The first-order valence-corrected chi connectivity index (χ1v) is 16.0. The molecule has 2 aromatic carbocycles. The van der Waals surface area contributed by atoms with Crippen LogP contribution in [-0.4, -0.2) is 65.0 Å². The van der Waals surface area contributed by atoms with Gasteiger partial charge in [0.1, 0.15) is 0 Å². The molecule has 0 radical (unpaired) electrons. The topological polar surface area (TPSA) is 62.6 Å². The number of aryl methyl sites for hydroxylation is 1. The minimum absolute atomic E-state index is 0.226. The number of hydrazine groups is 1. The van der Waals surface area contributed by atoms with E-state index in [1.807, 2.05) is 35.3 Å². The number of carbonyl (C=O) groups excluding carboxylic acids is 1. The normalized spacial score (nSPS) is 15.7. The van der Waals surface area contributed by atoms with Crippen LogP contribution >= 0.6 is 34.5 Å². The van der Waals surface area contributed by atoms with Crippen LogP contribution in [-0.2, 0) is 11.3 Å². The van der Waals surface area contributed by atoms with E-state index in [1.54, 1.807) is 28.2 Å². The van der Waals surface area contributed by atoms with Crippen LogP contribution in [0.5, 0.6) is 0 Å². The monoisotopic (exact) mass is 633 g/mol. The molecule has 7 nitrogen and oxygen atoms in total. The van der Waals surface area contributed by atoms with Gasteiger partial charge < -0.3 is 4.74 Å². The zero-order valence-electron chi connectivity index (χ0n) is 24.2. The SMILES string of the molecule is Cc1ccc(C#Cc2ccc(-c3c(CN(C)C4COC4)c(C(=O)NN4CCCCC4)nn3-c3ccc(Cl)cc3Cl)s2)cc1. The van der Waals surface area contributed by atoms with E-state index in [0.29, 0.717) is 41.2 Å². The zero-order chi connectivity index (χ0) is 29.9. The molecule has 4 heterocycles. The number of amides is 1. The van der Waals surface area contributed by atoms with E-state index < -0.39 is 0 Å². The molecule has 10 heteroatoms. The molecule has 6 rings (SSSR count). The van der Waals surface area contributed by atoms with Crippen LogP contribution in [0.25, 0.3) is 16.3 Å². The van der Waals surface area contributed by atoms with Gasteiger partial charge in [-0.05, 0) is 69.3 Å². The molecule has 222 valence electrons. The summed E-state index contributed by atoms with van der Waals surface area (Å²) in [4.78, 5) is 18.0. The third kappa shape index (κ3) is 6.83. The lowest BCUT2D eigenvalue weighted by atomic mass is 10.1. The van der Waals surface area contributed by atoms with Gasteiger partial charge in [-0.15, -0.1) is 11.3 Å². The summed E-state index contributed by atoms with van der Waals surface area (Å²) in [5, 5.41) is 7.91. The lowest BCUT2D eigenvalue weighted by Gasteiger charge is -2.34. The Morgan fingerprint density at radius 1 is 1.07 bits per heavy atom. The van der Waals surface area contributed by atoms with Gasteiger partial charge in [-0.25, -0.2) is 9.69 Å². The summed E-state index contributed by atoms with van der Waals surface area (Å²) in [6, 6.07) is 17.8. The summed E-state index contributed by atoms with van der Waals surface area (Å²) in [7, 11) is 2.06. The van der Waals surface area contributed by atoms with Crippen molar-refractivity contribution < 1.29 is 9.53 Å². The standard InChI is InChI=1S/C33H33Cl2N5O2S/c1-22-6-8-23(9-7-22)10-12-26-13-15-30(43-26)32-27(19-38(2)25-20-42-21-25)31(33(41)37-39-16-4-3-5-17-39)36-40(32)29-14-11-24(34)18-28(29)35/h6-9,11,13-15,18,25H,3-5,16-17,19-21H2,1-2H3,(H,37,41). The Bertz CT molecular complexity index is 1680. The van der Waals surface area contributed by atoms with Crippen LogP contribution in [0.4, 0.5) is 0 Å². The van der Waals surface area contributed by atoms with Crippen LogP contribution in [0.2, 0.25) is 10.0 Å². The molecule has 0 aliphatic carbocycles. The molecular weight excluding hydrogens is 601 g/mol. The van der Waals surface area contributed by atoms with Crippen molar-refractivity contribution in [3.63, 3.8) is 0 Å². The molecule has 0 atom stereocenters. The van der Waals surface area contributed by atoms with Crippen LogP contribution in [0.1, 0.15) is 51.3 Å². The van der Waals surface area contributed by atoms with Gasteiger partial charge in [0.15, 0.2) is 5.69 Å². The van der Waals surface area contributed by atoms with Crippen molar-refractivity contribution in [1.29, 1.82) is 0 Å². The minimum atomic E-state index is -0.226. The van der Waals surface area contributed by atoms with E-state index in [9.17, 15) is 4.79 Å². The highest BCUT2D eigenvalue weighted by atomic mass is 35.5. The maximum atomic E-state index is 13.9. The van der Waals surface area contributed by atoms with Gasteiger partial charge >= 0.3 is 0 Å². The zero-order valence-corrected chi connectivity index (χ0v) is 26.5. The molecule has 4 aromatic rings. The number of ether oxygens (including phenoxy) is 1. The maximum absolute atomic E-state index is 13.9. The van der Waals surface area contributed by atoms with E-state index in [1.165, 1.54) is 12.0 Å². The average molecular weight is 635 g/mol. The van der Waals surface area contributed by atoms with E-state index in [0.717, 1.165) is 52.5 Å². The van der Waals surface area contributed by atoms with Crippen molar-refractivity contribution in [2.75, 3.05) is 33.4 Å². The molecule has 2 aromatic heterocycles. The summed E-state index contributed by atoms with van der Waals surface area (Å²) >= 11 is 14.6. The average Bonchev–Trinajstić information content (AvgIpc) is 3.57. The van der Waals surface area contributed by atoms with E-state index in [4.69, 9.17) is 33.0 Å². The second-order valence-electron chi connectivity index (χ2n) is 11.1. The number of hydrogen-bond acceptors (Lipinski definition) is 6. The lowest BCUT2D eigenvalue weighted by Crippen LogP contribution is -2.47. The second kappa shape index (κ2) is 13.2. The van der Waals surface area contributed by atoms with Gasteiger partial charge in [0.05, 0.1) is 45.4 Å². The smallest absolute Gasteiger partial charge is 0.286 e. The van der Waals surface area contributed by atoms with E-state index in [2.05, 4.69) is 48.3 Å². The van der Waals surface area contributed by atoms with Crippen LogP contribution in [0, 0.1) is 18.8 Å². The Morgan fingerprint density at radius 3 is 2.53 bits per heavy atom. The van der Waals surface area contributed by atoms with Crippen molar-refractivity contribution in [3.05, 3.63) is 91.9 Å². The Hall–Kier alpha value is -3.16. The number of halogens is 2. The first kappa shape index (κ1) is 29.9. The van der Waals surface area contributed by atoms with E-state index >= 15 is 0 Å².